The molecule has 1 unspecified atom stereocenters. The molecule has 12 nitrogen and oxygen atoms in total. The fraction of sp³-hybridized carbons (Fsp3) is 0.444. The van der Waals surface area contributed by atoms with Crippen LogP contribution in [0.2, 0.25) is 5.02 Å². The number of carbonyl (C=O) groups is 2. The number of thiazole rings is 1. The van der Waals surface area contributed by atoms with Crippen LogP contribution in [0.3, 0.4) is 0 Å². The van der Waals surface area contributed by atoms with Crippen LogP contribution in [-0.4, -0.2) is 72.1 Å². The highest BCUT2D eigenvalue weighted by atomic mass is 35.5. The lowest BCUT2D eigenvalue weighted by Gasteiger charge is -2.38. The van der Waals surface area contributed by atoms with Crippen LogP contribution in [0, 0.1) is 0 Å². The fourth-order valence-electron chi connectivity index (χ4n) is 5.30. The lowest BCUT2D eigenvalue weighted by atomic mass is 9.78. The summed E-state index contributed by atoms with van der Waals surface area (Å²) in [4.78, 5) is 37.7. The van der Waals surface area contributed by atoms with Gasteiger partial charge in [-0.3, -0.25) is 14.3 Å². The van der Waals surface area contributed by atoms with Gasteiger partial charge in [-0.2, -0.15) is 13.5 Å². The molecule has 1 aromatic carbocycles. The third-order valence-electron chi connectivity index (χ3n) is 7.56. The number of nitrogens with zero attached hydrogens (tertiary/aromatic N) is 5. The summed E-state index contributed by atoms with van der Waals surface area (Å²) in [7, 11) is -2.64. The normalized spacial score (nSPS) is 18.1. The Hall–Kier alpha value is -3.77. The molecular formula is C27H26ClF4N5O7S2. The molecule has 248 valence electrons. The van der Waals surface area contributed by atoms with Crippen molar-refractivity contribution in [2.45, 2.75) is 50.2 Å². The average molecular weight is 708 g/mol. The van der Waals surface area contributed by atoms with Gasteiger partial charge < -0.3 is 18.7 Å². The number of benzene rings is 1. The molecule has 0 aliphatic carbocycles. The number of hydrogen-bond acceptors (Lipinski definition) is 11. The van der Waals surface area contributed by atoms with Gasteiger partial charge in [0.15, 0.2) is 11.9 Å². The molecule has 5 rings (SSSR count). The van der Waals surface area contributed by atoms with Gasteiger partial charge in [0.2, 0.25) is 5.91 Å². The van der Waals surface area contributed by atoms with E-state index in [0.717, 1.165) is 6.26 Å². The van der Waals surface area contributed by atoms with E-state index in [2.05, 4.69) is 15.2 Å². The van der Waals surface area contributed by atoms with Gasteiger partial charge in [0, 0.05) is 24.9 Å². The van der Waals surface area contributed by atoms with Gasteiger partial charge in [-0.25, -0.2) is 22.5 Å². The van der Waals surface area contributed by atoms with Crippen molar-refractivity contribution in [1.29, 1.82) is 0 Å². The first-order valence-corrected chi connectivity index (χ1v) is 16.7. The number of likely N-dealkylation sites (tertiary alicyclic amines) is 1. The highest BCUT2D eigenvalue weighted by Crippen LogP contribution is 2.42. The van der Waals surface area contributed by atoms with E-state index in [1.807, 2.05) is 0 Å². The molecule has 0 bridgehead atoms. The Kier molecular flexibility index (Phi) is 9.60. The van der Waals surface area contributed by atoms with Gasteiger partial charge in [-0.15, -0.1) is 11.3 Å². The molecule has 0 radical (unpaired) electrons. The van der Waals surface area contributed by atoms with Crippen LogP contribution in [-0.2, 0) is 41.2 Å². The van der Waals surface area contributed by atoms with Gasteiger partial charge in [0.25, 0.3) is 12.9 Å². The number of ether oxygens (including phenoxy) is 1. The number of carbonyl (C=O) groups excluding carboxylic acids is 2. The zero-order valence-corrected chi connectivity index (χ0v) is 26.6. The molecular weight excluding hydrogens is 682 g/mol. The first-order chi connectivity index (χ1) is 21.7. The summed E-state index contributed by atoms with van der Waals surface area (Å²) in [6.45, 7) is -0.627. The summed E-state index contributed by atoms with van der Waals surface area (Å²) in [5, 5.41) is 9.85. The van der Waals surface area contributed by atoms with E-state index < -0.39 is 64.3 Å². The second-order valence-corrected chi connectivity index (χ2v) is 13.4. The number of halogens is 5. The van der Waals surface area contributed by atoms with Crippen LogP contribution < -0.4 is 4.18 Å². The molecule has 0 spiro atoms. The molecule has 46 heavy (non-hydrogen) atoms. The summed E-state index contributed by atoms with van der Waals surface area (Å²) < 4.78 is 87.2. The second kappa shape index (κ2) is 13.2. The quantitative estimate of drug-likeness (QED) is 0.165. The van der Waals surface area contributed by atoms with Crippen LogP contribution in [0.15, 0.2) is 34.8 Å². The molecule has 3 aromatic rings. The number of aromatic nitrogens is 3. The first kappa shape index (κ1) is 33.6. The highest BCUT2D eigenvalue weighted by Gasteiger charge is 2.47. The smallest absolute Gasteiger partial charge is 0.318 e. The lowest BCUT2D eigenvalue weighted by molar-refractivity contribution is -0.151. The summed E-state index contributed by atoms with van der Waals surface area (Å²) in [5.41, 5.74) is -1.81. The standard InChI is InChI=1S/C27H26ClF4N5O7S2/c1-42-26(39)27(6-8-36(9-7-27)21(38)12-37-18(24(31)32)10-16(34-37)23(29)30)25-33-17(13-45-25)15-11-20(43-35-15)22-14(28)4-3-5-19(22)44-46(2,40)41/h3-5,10,13,20,23-24H,6-9,11-12H2,1-2H3. The second-order valence-electron chi connectivity index (χ2n) is 10.5. The maximum Gasteiger partial charge on any atom is 0.318 e. The summed E-state index contributed by atoms with van der Waals surface area (Å²) in [5.74, 6) is -1.23. The number of oxime groups is 1. The number of alkyl halides is 4. The van der Waals surface area contributed by atoms with Gasteiger partial charge >= 0.3 is 16.1 Å². The van der Waals surface area contributed by atoms with Crippen molar-refractivity contribution in [3.8, 4) is 5.75 Å². The molecule has 1 atom stereocenters. The van der Waals surface area contributed by atoms with Crippen LogP contribution in [0.4, 0.5) is 17.6 Å². The van der Waals surface area contributed by atoms with Crippen molar-refractivity contribution in [3.05, 3.63) is 62.3 Å². The zero-order chi connectivity index (χ0) is 33.4. The molecule has 4 heterocycles. The number of rotatable bonds is 10. The monoisotopic (exact) mass is 707 g/mol. The minimum Gasteiger partial charge on any atom is -0.468 e. The largest absolute Gasteiger partial charge is 0.468 e. The Morgan fingerprint density at radius 3 is 2.54 bits per heavy atom. The van der Waals surface area contributed by atoms with Crippen LogP contribution in [0.1, 0.15) is 65.9 Å². The Morgan fingerprint density at radius 2 is 1.91 bits per heavy atom. The topological polar surface area (TPSA) is 142 Å². The van der Waals surface area contributed by atoms with Crippen LogP contribution in [0.5, 0.6) is 5.75 Å². The van der Waals surface area contributed by atoms with Gasteiger partial charge in [0.05, 0.1) is 29.6 Å². The van der Waals surface area contributed by atoms with Crippen molar-refractivity contribution in [3.63, 3.8) is 0 Å². The molecule has 2 aliphatic heterocycles. The third kappa shape index (κ3) is 6.83. The number of hydrogen-bond donors (Lipinski definition) is 0. The SMILES string of the molecule is COC(=O)C1(c2nc(C3=NOC(c4c(Cl)cccc4OS(C)(=O)=O)C3)cs2)CCN(C(=O)Cn2nc(C(F)F)cc2C(F)F)CC1. The molecule has 2 aliphatic rings. The van der Waals surface area contributed by atoms with Crippen molar-refractivity contribution in [2.75, 3.05) is 26.5 Å². The van der Waals surface area contributed by atoms with E-state index in [9.17, 15) is 35.6 Å². The van der Waals surface area contributed by atoms with E-state index in [1.54, 1.807) is 11.4 Å². The molecule has 0 saturated carbocycles. The number of methoxy groups -OCH3 is 1. The maximum absolute atomic E-state index is 13.4. The van der Waals surface area contributed by atoms with Crippen LogP contribution >= 0.6 is 22.9 Å². The Bertz CT molecular complexity index is 1770. The number of amides is 1. The van der Waals surface area contributed by atoms with E-state index in [-0.39, 0.29) is 48.7 Å². The van der Waals surface area contributed by atoms with Crippen molar-refractivity contribution < 1.29 is 49.3 Å². The van der Waals surface area contributed by atoms with E-state index in [4.69, 9.17) is 25.4 Å². The van der Waals surface area contributed by atoms with Crippen molar-refractivity contribution in [2.24, 2.45) is 5.16 Å². The van der Waals surface area contributed by atoms with E-state index in [0.29, 0.717) is 27.2 Å². The Labute approximate surface area is 269 Å². The highest BCUT2D eigenvalue weighted by molar-refractivity contribution is 7.86. The first-order valence-electron chi connectivity index (χ1n) is 13.6. The van der Waals surface area contributed by atoms with Crippen molar-refractivity contribution >= 4 is 50.6 Å². The third-order valence-corrected chi connectivity index (χ3v) is 9.42. The minimum atomic E-state index is -3.86. The van der Waals surface area contributed by atoms with Gasteiger partial charge in [-0.1, -0.05) is 22.8 Å². The minimum absolute atomic E-state index is 0.00573. The molecule has 19 heteroatoms. The lowest BCUT2D eigenvalue weighted by Crippen LogP contribution is -2.50. The zero-order valence-electron chi connectivity index (χ0n) is 24.2. The maximum atomic E-state index is 13.4. The number of esters is 1. The Morgan fingerprint density at radius 1 is 1.20 bits per heavy atom. The predicted octanol–water partition coefficient (Wildman–Crippen LogP) is 4.81. The average Bonchev–Trinajstić information content (AvgIpc) is 3.76. The molecule has 1 amide bonds. The molecule has 1 fully saturated rings. The fourth-order valence-corrected chi connectivity index (χ4v) is 7.14. The molecule has 0 N–H and O–H groups in total. The van der Waals surface area contributed by atoms with Gasteiger partial charge in [-0.05, 0) is 31.0 Å². The summed E-state index contributed by atoms with van der Waals surface area (Å²) in [6, 6.07) is 5.09. The van der Waals surface area contributed by atoms with E-state index >= 15 is 0 Å². The number of piperidine rings is 1. The van der Waals surface area contributed by atoms with Crippen LogP contribution in [0.25, 0.3) is 0 Å². The van der Waals surface area contributed by atoms with Crippen molar-refractivity contribution in [1.82, 2.24) is 19.7 Å². The summed E-state index contributed by atoms with van der Waals surface area (Å²) in [6.07, 6.45) is -5.76. The predicted molar refractivity (Wildman–Crippen MR) is 156 cm³/mol. The molecule has 2 aromatic heterocycles. The van der Waals surface area contributed by atoms with E-state index in [1.165, 1.54) is 35.5 Å². The summed E-state index contributed by atoms with van der Waals surface area (Å²) >= 11 is 7.52. The Balaban J connectivity index is 1.30. The van der Waals surface area contributed by atoms with Gasteiger partial charge in [0.1, 0.15) is 34.1 Å². The molecule has 1 saturated heterocycles.